The Kier molecular flexibility index (Phi) is 7.57. The maximum absolute atomic E-state index is 13.6. The number of nitrogens with one attached hydrogen (secondary N) is 1. The molecule has 0 aromatic rings. The van der Waals surface area contributed by atoms with Crippen LogP contribution in [0.3, 0.4) is 0 Å². The van der Waals surface area contributed by atoms with Gasteiger partial charge in [-0.1, -0.05) is 25.7 Å². The molecule has 4 fully saturated rings. The van der Waals surface area contributed by atoms with Crippen LogP contribution in [0.2, 0.25) is 0 Å². The Bertz CT molecular complexity index is 705. The molecule has 4 rings (SSSR count). The highest BCUT2D eigenvalue weighted by Crippen LogP contribution is 2.35. The number of carbonyl (C=O) groups excluding carboxylic acids is 2. The summed E-state index contributed by atoms with van der Waals surface area (Å²) in [5, 5.41) is 13.1. The van der Waals surface area contributed by atoms with Crippen molar-refractivity contribution in [3.05, 3.63) is 0 Å². The van der Waals surface area contributed by atoms with E-state index in [1.807, 2.05) is 0 Å². The molecule has 1 atom stereocenters. The molecule has 0 bridgehead atoms. The summed E-state index contributed by atoms with van der Waals surface area (Å²) in [6, 6.07) is 2.41. The van der Waals surface area contributed by atoms with E-state index >= 15 is 0 Å². The molecule has 0 aromatic carbocycles. The van der Waals surface area contributed by atoms with Gasteiger partial charge >= 0.3 is 6.09 Å². The average molecular weight is 447 g/mol. The van der Waals surface area contributed by atoms with E-state index in [0.717, 1.165) is 32.4 Å². The molecule has 2 heterocycles. The molecule has 2 aliphatic heterocycles. The molecular formula is C24H38N4O4. The fraction of sp³-hybridized carbons (Fsp3) is 0.875. The molecule has 8 nitrogen and oxygen atoms in total. The standard InChI is InChI=1S/C24H38N4O4/c25-18-23(11-12-27(19-23)17-20-7-3-1-4-8-20)26-21(29)24(9-5-2-6-10-24)32-22(30)28-13-15-31-16-14-28/h20H,1-17,19H2,(H,26,29). The molecule has 2 saturated carbocycles. The van der Waals surface area contributed by atoms with E-state index in [0.29, 0.717) is 58.0 Å². The minimum absolute atomic E-state index is 0.292. The summed E-state index contributed by atoms with van der Waals surface area (Å²) < 4.78 is 11.2. The van der Waals surface area contributed by atoms with Gasteiger partial charge in [-0.2, -0.15) is 5.26 Å². The molecule has 0 spiro atoms. The Labute approximate surface area is 191 Å². The number of nitrogens with zero attached hydrogens (tertiary/aromatic N) is 3. The Hall–Kier alpha value is -1.85. The molecule has 8 heteroatoms. The number of hydrogen-bond acceptors (Lipinski definition) is 6. The molecule has 4 aliphatic rings. The third-order valence-electron chi connectivity index (χ3n) is 7.78. The van der Waals surface area contributed by atoms with E-state index in [-0.39, 0.29) is 5.91 Å². The molecule has 0 radical (unpaired) electrons. The average Bonchev–Trinajstić information content (AvgIpc) is 3.23. The Morgan fingerprint density at radius 1 is 1.00 bits per heavy atom. The normalized spacial score (nSPS) is 29.3. The number of amides is 2. The Morgan fingerprint density at radius 3 is 2.38 bits per heavy atom. The molecule has 32 heavy (non-hydrogen) atoms. The first kappa shape index (κ1) is 23.3. The summed E-state index contributed by atoms with van der Waals surface area (Å²) in [5.41, 5.74) is -2.07. The first-order chi connectivity index (χ1) is 15.5. The van der Waals surface area contributed by atoms with Crippen LogP contribution in [0.15, 0.2) is 0 Å². The Balaban J connectivity index is 1.40. The van der Waals surface area contributed by atoms with Crippen LogP contribution in [-0.2, 0) is 14.3 Å². The number of ether oxygens (including phenoxy) is 2. The summed E-state index contributed by atoms with van der Waals surface area (Å²) in [4.78, 5) is 30.3. The second-order valence-corrected chi connectivity index (χ2v) is 10.2. The molecule has 2 saturated heterocycles. The summed E-state index contributed by atoms with van der Waals surface area (Å²) in [6.07, 6.45) is 10.4. The van der Waals surface area contributed by atoms with Gasteiger partial charge < -0.3 is 19.7 Å². The summed E-state index contributed by atoms with van der Waals surface area (Å²) >= 11 is 0. The van der Waals surface area contributed by atoms with Gasteiger partial charge in [0.15, 0.2) is 5.60 Å². The van der Waals surface area contributed by atoms with Crippen LogP contribution in [0.25, 0.3) is 0 Å². The molecule has 1 unspecified atom stereocenters. The van der Waals surface area contributed by atoms with Crippen molar-refractivity contribution in [1.29, 1.82) is 5.26 Å². The fourth-order valence-corrected chi connectivity index (χ4v) is 5.81. The van der Waals surface area contributed by atoms with E-state index in [2.05, 4.69) is 16.3 Å². The van der Waals surface area contributed by atoms with Crippen LogP contribution in [-0.4, -0.2) is 78.9 Å². The highest BCUT2D eigenvalue weighted by Gasteiger charge is 2.49. The zero-order valence-electron chi connectivity index (χ0n) is 19.3. The van der Waals surface area contributed by atoms with Crippen molar-refractivity contribution < 1.29 is 19.1 Å². The third kappa shape index (κ3) is 5.37. The number of morpholine rings is 1. The van der Waals surface area contributed by atoms with Gasteiger partial charge in [-0.05, 0) is 50.9 Å². The molecular weight excluding hydrogens is 408 g/mol. The number of rotatable bonds is 5. The van der Waals surface area contributed by atoms with Crippen LogP contribution in [0.4, 0.5) is 4.79 Å². The van der Waals surface area contributed by atoms with Gasteiger partial charge in [-0.25, -0.2) is 4.79 Å². The van der Waals surface area contributed by atoms with E-state index in [4.69, 9.17) is 9.47 Å². The van der Waals surface area contributed by atoms with Gasteiger partial charge in [-0.3, -0.25) is 9.69 Å². The second kappa shape index (κ2) is 10.4. The van der Waals surface area contributed by atoms with Gasteiger partial charge in [0.1, 0.15) is 5.54 Å². The maximum Gasteiger partial charge on any atom is 0.410 e. The lowest BCUT2D eigenvalue weighted by Crippen LogP contribution is -2.60. The van der Waals surface area contributed by atoms with Crippen molar-refractivity contribution in [2.45, 2.75) is 81.8 Å². The van der Waals surface area contributed by atoms with Gasteiger partial charge in [0.25, 0.3) is 5.91 Å². The minimum Gasteiger partial charge on any atom is -0.433 e. The predicted octanol–water partition coefficient (Wildman–Crippen LogP) is 2.82. The number of hydrogen-bond donors (Lipinski definition) is 1. The Morgan fingerprint density at radius 2 is 1.69 bits per heavy atom. The lowest BCUT2D eigenvalue weighted by atomic mass is 9.83. The van der Waals surface area contributed by atoms with Gasteiger partial charge in [0, 0.05) is 32.7 Å². The van der Waals surface area contributed by atoms with Crippen molar-refractivity contribution in [3.63, 3.8) is 0 Å². The van der Waals surface area contributed by atoms with Gasteiger partial charge in [0.05, 0.1) is 19.3 Å². The summed E-state index contributed by atoms with van der Waals surface area (Å²) in [5.74, 6) is 0.410. The largest absolute Gasteiger partial charge is 0.433 e. The first-order valence-electron chi connectivity index (χ1n) is 12.6. The lowest BCUT2D eigenvalue weighted by molar-refractivity contribution is -0.146. The number of likely N-dealkylation sites (tertiary alicyclic amines) is 1. The SMILES string of the molecule is N#CC1(NC(=O)C2(OC(=O)N3CCOCC3)CCCCC2)CCN(CC2CCCCC2)C1. The highest BCUT2D eigenvalue weighted by atomic mass is 16.6. The van der Waals surface area contributed by atoms with Crippen LogP contribution in [0.1, 0.15) is 70.6 Å². The quantitative estimate of drug-likeness (QED) is 0.698. The molecule has 1 N–H and O–H groups in total. The smallest absolute Gasteiger partial charge is 0.410 e. The topological polar surface area (TPSA) is 94.9 Å². The molecule has 178 valence electrons. The van der Waals surface area contributed by atoms with E-state index in [1.54, 1.807) is 4.90 Å². The molecule has 2 amide bonds. The van der Waals surface area contributed by atoms with Crippen LogP contribution >= 0.6 is 0 Å². The van der Waals surface area contributed by atoms with Gasteiger partial charge in [0.2, 0.25) is 0 Å². The fourth-order valence-electron chi connectivity index (χ4n) is 5.81. The summed E-state index contributed by atoms with van der Waals surface area (Å²) in [7, 11) is 0. The molecule has 2 aliphatic carbocycles. The lowest BCUT2D eigenvalue weighted by Gasteiger charge is -2.39. The maximum atomic E-state index is 13.6. The van der Waals surface area contributed by atoms with Crippen molar-refractivity contribution in [2.75, 3.05) is 45.9 Å². The zero-order valence-corrected chi connectivity index (χ0v) is 19.3. The van der Waals surface area contributed by atoms with E-state index in [9.17, 15) is 14.9 Å². The van der Waals surface area contributed by atoms with Gasteiger partial charge in [-0.15, -0.1) is 0 Å². The van der Waals surface area contributed by atoms with E-state index < -0.39 is 17.2 Å². The van der Waals surface area contributed by atoms with E-state index in [1.165, 1.54) is 32.1 Å². The third-order valence-corrected chi connectivity index (χ3v) is 7.78. The number of carbonyl (C=O) groups is 2. The van der Waals surface area contributed by atoms with Crippen molar-refractivity contribution in [1.82, 2.24) is 15.1 Å². The predicted molar refractivity (Wildman–Crippen MR) is 119 cm³/mol. The van der Waals surface area contributed by atoms with Crippen LogP contribution < -0.4 is 5.32 Å². The van der Waals surface area contributed by atoms with Crippen LogP contribution in [0, 0.1) is 17.2 Å². The minimum atomic E-state index is -1.17. The zero-order chi connectivity index (χ0) is 22.4. The van der Waals surface area contributed by atoms with Crippen molar-refractivity contribution in [2.24, 2.45) is 5.92 Å². The second-order valence-electron chi connectivity index (χ2n) is 10.2. The number of nitriles is 1. The van der Waals surface area contributed by atoms with Crippen molar-refractivity contribution in [3.8, 4) is 6.07 Å². The van der Waals surface area contributed by atoms with Crippen molar-refractivity contribution >= 4 is 12.0 Å². The highest BCUT2D eigenvalue weighted by molar-refractivity contribution is 5.88. The molecule has 0 aromatic heterocycles. The van der Waals surface area contributed by atoms with Crippen LogP contribution in [0.5, 0.6) is 0 Å². The monoisotopic (exact) mass is 446 g/mol. The first-order valence-corrected chi connectivity index (χ1v) is 12.6. The summed E-state index contributed by atoms with van der Waals surface area (Å²) in [6.45, 7) is 4.33.